The molecule has 0 bridgehead atoms. The van der Waals surface area contributed by atoms with Gasteiger partial charge in [-0.25, -0.2) is 0 Å². The van der Waals surface area contributed by atoms with Crippen LogP contribution in [0.1, 0.15) is 16.7 Å². The molecule has 3 aromatic carbocycles. The molecule has 8 nitrogen and oxygen atoms in total. The van der Waals surface area contributed by atoms with Crippen LogP contribution in [-0.2, 0) is 19.4 Å². The minimum absolute atomic E-state index is 0.102. The van der Waals surface area contributed by atoms with E-state index in [1.807, 2.05) is 30.3 Å². The first-order chi connectivity index (χ1) is 17.1. The summed E-state index contributed by atoms with van der Waals surface area (Å²) in [4.78, 5) is 11.5. The van der Waals surface area contributed by atoms with E-state index in [9.17, 15) is 10.1 Å². The van der Waals surface area contributed by atoms with Crippen molar-refractivity contribution in [1.82, 2.24) is 0 Å². The zero-order chi connectivity index (χ0) is 24.1. The number of hydrogen-bond acceptors (Lipinski definition) is 6. The topological polar surface area (TPSA) is 83.9 Å². The number of pyridine rings is 1. The van der Waals surface area contributed by atoms with Gasteiger partial charge in [0.1, 0.15) is 0 Å². The molecule has 0 amide bonds. The van der Waals surface area contributed by atoms with Crippen molar-refractivity contribution >= 4 is 16.5 Å². The molecular formula is C27H23N2O6+. The third-order valence-corrected chi connectivity index (χ3v) is 6.80. The van der Waals surface area contributed by atoms with Crippen molar-refractivity contribution < 1.29 is 28.4 Å². The highest BCUT2D eigenvalue weighted by Gasteiger charge is 2.33. The summed E-state index contributed by atoms with van der Waals surface area (Å²) in [5, 5.41) is 13.7. The monoisotopic (exact) mass is 471 g/mol. The number of nitro benzene ring substituents is 1. The lowest BCUT2D eigenvalue weighted by molar-refractivity contribution is -0.686. The number of ether oxygens (including phenoxy) is 4. The van der Waals surface area contributed by atoms with Crippen LogP contribution in [0.4, 0.5) is 5.69 Å². The molecule has 0 atom stereocenters. The van der Waals surface area contributed by atoms with Crippen LogP contribution in [0.3, 0.4) is 0 Å². The van der Waals surface area contributed by atoms with E-state index in [0.29, 0.717) is 29.2 Å². The number of benzene rings is 3. The van der Waals surface area contributed by atoms with Gasteiger partial charge in [-0.15, -0.1) is 0 Å². The summed E-state index contributed by atoms with van der Waals surface area (Å²) in [5.41, 5.74) is 4.96. The van der Waals surface area contributed by atoms with Crippen molar-refractivity contribution in [2.45, 2.75) is 19.4 Å². The Morgan fingerprint density at radius 1 is 1.03 bits per heavy atom. The normalized spacial score (nSPS) is 13.3. The lowest BCUT2D eigenvalue weighted by Gasteiger charge is -2.21. The molecule has 0 saturated heterocycles. The molecule has 35 heavy (non-hydrogen) atoms. The van der Waals surface area contributed by atoms with Gasteiger partial charge in [0.05, 0.1) is 30.1 Å². The second-order valence-corrected chi connectivity index (χ2v) is 8.59. The Labute approximate surface area is 201 Å². The molecule has 0 aliphatic carbocycles. The predicted molar refractivity (Wildman–Crippen MR) is 128 cm³/mol. The van der Waals surface area contributed by atoms with Crippen LogP contribution < -0.4 is 23.5 Å². The van der Waals surface area contributed by atoms with Gasteiger partial charge < -0.3 is 18.9 Å². The highest BCUT2D eigenvalue weighted by molar-refractivity contribution is 5.95. The average molecular weight is 471 g/mol. The highest BCUT2D eigenvalue weighted by atomic mass is 16.7. The van der Waals surface area contributed by atoms with Gasteiger partial charge >= 0.3 is 0 Å². The maximum Gasteiger partial charge on any atom is 0.272 e. The Morgan fingerprint density at radius 3 is 2.60 bits per heavy atom. The van der Waals surface area contributed by atoms with Gasteiger partial charge in [-0.05, 0) is 29.8 Å². The molecule has 0 unspecified atom stereocenters. The van der Waals surface area contributed by atoms with E-state index in [1.54, 1.807) is 26.4 Å². The first kappa shape index (κ1) is 21.2. The number of rotatable bonds is 5. The number of aromatic nitrogens is 1. The van der Waals surface area contributed by atoms with Crippen LogP contribution in [0.25, 0.3) is 22.0 Å². The van der Waals surface area contributed by atoms with Crippen LogP contribution in [0, 0.1) is 10.1 Å². The summed E-state index contributed by atoms with van der Waals surface area (Å²) in [6, 6.07) is 14.9. The van der Waals surface area contributed by atoms with Crippen LogP contribution >= 0.6 is 0 Å². The van der Waals surface area contributed by atoms with Crippen molar-refractivity contribution in [3.63, 3.8) is 0 Å². The van der Waals surface area contributed by atoms with E-state index >= 15 is 0 Å². The molecule has 4 aromatic rings. The Morgan fingerprint density at radius 2 is 1.83 bits per heavy atom. The molecule has 1 aromatic heterocycles. The standard InChI is InChI=1S/C27H23N2O6/c1-32-23-8-7-18-20(11-17-5-3-4-6-22(17)29(30)31)26-19-13-25-24(34-15-35-25)12-16(19)9-10-28(26)14-21(18)27(23)33-2/h3-8,12-14H,9-11,15H2,1-2H3/q+1. The van der Waals surface area contributed by atoms with Crippen molar-refractivity contribution in [1.29, 1.82) is 0 Å². The Balaban J connectivity index is 1.67. The van der Waals surface area contributed by atoms with Crippen LogP contribution in [0.5, 0.6) is 23.0 Å². The van der Waals surface area contributed by atoms with Gasteiger partial charge in [-0.3, -0.25) is 10.1 Å². The minimum atomic E-state index is -0.324. The van der Waals surface area contributed by atoms with Gasteiger partial charge in [0.25, 0.3) is 5.69 Å². The minimum Gasteiger partial charge on any atom is -0.493 e. The number of aryl methyl sites for hydroxylation is 2. The van der Waals surface area contributed by atoms with Crippen molar-refractivity contribution in [3.8, 4) is 34.3 Å². The van der Waals surface area contributed by atoms with E-state index in [-0.39, 0.29) is 17.4 Å². The van der Waals surface area contributed by atoms with Crippen molar-refractivity contribution in [2.24, 2.45) is 0 Å². The first-order valence-corrected chi connectivity index (χ1v) is 11.3. The van der Waals surface area contributed by atoms with E-state index < -0.39 is 0 Å². The molecule has 0 spiro atoms. The van der Waals surface area contributed by atoms with Gasteiger partial charge in [0.15, 0.2) is 35.7 Å². The zero-order valence-corrected chi connectivity index (χ0v) is 19.4. The molecule has 8 heteroatoms. The molecule has 2 aliphatic heterocycles. The Kier molecular flexibility index (Phi) is 4.95. The molecule has 0 saturated carbocycles. The SMILES string of the molecule is COc1ccc2c(Cc3ccccc3[N+](=O)[O-])c3[n+](cc2c1OC)CCc1cc2c(cc1-3)OCO2. The second-order valence-electron chi connectivity index (χ2n) is 8.59. The summed E-state index contributed by atoms with van der Waals surface area (Å²) in [6.07, 6.45) is 3.29. The number of methoxy groups -OCH3 is 2. The van der Waals surface area contributed by atoms with E-state index in [1.165, 1.54) is 0 Å². The number of nitro groups is 1. The van der Waals surface area contributed by atoms with E-state index in [0.717, 1.165) is 51.9 Å². The van der Waals surface area contributed by atoms with Crippen molar-refractivity contribution in [3.05, 3.63) is 81.5 Å². The number of fused-ring (bicyclic) bond motifs is 5. The molecular weight excluding hydrogens is 448 g/mol. The van der Waals surface area contributed by atoms with Gasteiger partial charge in [-0.1, -0.05) is 18.2 Å². The zero-order valence-electron chi connectivity index (χ0n) is 19.4. The fourth-order valence-electron chi connectivity index (χ4n) is 5.22. The number of nitrogens with zero attached hydrogens (tertiary/aromatic N) is 2. The fraction of sp³-hybridized carbons (Fsp3) is 0.222. The largest absolute Gasteiger partial charge is 0.493 e. The highest BCUT2D eigenvalue weighted by Crippen LogP contribution is 2.44. The lowest BCUT2D eigenvalue weighted by Crippen LogP contribution is -2.41. The fourth-order valence-corrected chi connectivity index (χ4v) is 5.22. The first-order valence-electron chi connectivity index (χ1n) is 11.3. The smallest absolute Gasteiger partial charge is 0.272 e. The third-order valence-electron chi connectivity index (χ3n) is 6.80. The Hall–Kier alpha value is -4.33. The van der Waals surface area contributed by atoms with Gasteiger partial charge in [0.2, 0.25) is 12.5 Å². The van der Waals surface area contributed by atoms with Crippen molar-refractivity contribution in [2.75, 3.05) is 21.0 Å². The van der Waals surface area contributed by atoms with Crippen LogP contribution in [-0.4, -0.2) is 25.9 Å². The van der Waals surface area contributed by atoms with Gasteiger partial charge in [-0.2, -0.15) is 4.57 Å². The van der Waals surface area contributed by atoms with E-state index in [4.69, 9.17) is 18.9 Å². The summed E-state index contributed by atoms with van der Waals surface area (Å²) in [6.45, 7) is 0.957. The number of para-hydroxylation sites is 1. The quantitative estimate of drug-likeness (QED) is 0.240. The summed E-state index contributed by atoms with van der Waals surface area (Å²) in [5.74, 6) is 2.74. The molecule has 0 fully saturated rings. The lowest BCUT2D eigenvalue weighted by atomic mass is 9.88. The molecule has 6 rings (SSSR count). The Bertz CT molecular complexity index is 1510. The molecule has 2 aliphatic rings. The maximum absolute atomic E-state index is 11.8. The molecule has 3 heterocycles. The maximum atomic E-state index is 11.8. The number of hydrogen-bond donors (Lipinski definition) is 0. The molecule has 0 radical (unpaired) electrons. The van der Waals surface area contributed by atoms with E-state index in [2.05, 4.69) is 16.8 Å². The van der Waals surface area contributed by atoms with Gasteiger partial charge in [0, 0.05) is 35.4 Å². The molecule has 176 valence electrons. The summed E-state index contributed by atoms with van der Waals surface area (Å²) < 4.78 is 24.8. The average Bonchev–Trinajstić information content (AvgIpc) is 3.33. The summed E-state index contributed by atoms with van der Waals surface area (Å²) >= 11 is 0. The predicted octanol–water partition coefficient (Wildman–Crippen LogP) is 4.60. The van der Waals surface area contributed by atoms with Crippen LogP contribution in [0.2, 0.25) is 0 Å². The molecule has 0 N–H and O–H groups in total. The third kappa shape index (κ3) is 3.32. The second kappa shape index (κ2) is 8.16. The van der Waals surface area contributed by atoms with Crippen LogP contribution in [0.15, 0.2) is 54.7 Å². The summed E-state index contributed by atoms with van der Waals surface area (Å²) in [7, 11) is 3.24.